The molecule has 0 spiro atoms. The Kier molecular flexibility index (Phi) is 9.06. The predicted octanol–water partition coefficient (Wildman–Crippen LogP) is 0.231. The van der Waals surface area contributed by atoms with E-state index in [1.54, 1.807) is 16.4 Å². The third-order valence-corrected chi connectivity index (χ3v) is 6.95. The molecule has 1 saturated heterocycles. The minimum atomic E-state index is -3.50. The first-order valence-electron chi connectivity index (χ1n) is 10.4. The third kappa shape index (κ3) is 7.09. The van der Waals surface area contributed by atoms with Gasteiger partial charge in [0.25, 0.3) is 11.8 Å². The lowest BCUT2D eigenvalue weighted by molar-refractivity contribution is -0.881. The first-order chi connectivity index (χ1) is 13.9. The van der Waals surface area contributed by atoms with Gasteiger partial charge in [0.1, 0.15) is 0 Å². The molecule has 1 aromatic carbocycles. The van der Waals surface area contributed by atoms with Crippen molar-refractivity contribution in [3.05, 3.63) is 24.3 Å². The minimum Gasteiger partial charge on any atom is -0.351 e. The number of hydrogen-bond donors (Lipinski definition) is 3. The molecule has 2 amide bonds. The summed E-state index contributed by atoms with van der Waals surface area (Å²) in [5, 5.41) is 5.51. The summed E-state index contributed by atoms with van der Waals surface area (Å²) < 4.78 is 27.2. The summed E-state index contributed by atoms with van der Waals surface area (Å²) >= 11 is 0. The van der Waals surface area contributed by atoms with Gasteiger partial charge < -0.3 is 15.5 Å². The molecular weight excluding hydrogens is 392 g/mol. The number of carbonyl (C=O) groups excluding carboxylic acids is 2. The van der Waals surface area contributed by atoms with Crippen LogP contribution in [-0.4, -0.2) is 63.8 Å². The van der Waals surface area contributed by atoms with Gasteiger partial charge in [-0.15, -0.1) is 0 Å². The smallest absolute Gasteiger partial charge is 0.279 e. The number of hydrogen-bond acceptors (Lipinski definition) is 4. The Morgan fingerprint density at radius 1 is 0.966 bits per heavy atom. The number of rotatable bonds is 9. The summed E-state index contributed by atoms with van der Waals surface area (Å²) in [6, 6.07) is 6.29. The molecule has 1 aliphatic rings. The largest absolute Gasteiger partial charge is 0.351 e. The number of anilines is 1. The van der Waals surface area contributed by atoms with Gasteiger partial charge in [0.05, 0.1) is 11.4 Å². The van der Waals surface area contributed by atoms with E-state index in [-0.39, 0.29) is 29.8 Å². The van der Waals surface area contributed by atoms with E-state index in [1.807, 2.05) is 13.8 Å². The molecule has 1 unspecified atom stereocenters. The van der Waals surface area contributed by atoms with Crippen LogP contribution in [0.25, 0.3) is 0 Å². The van der Waals surface area contributed by atoms with E-state index in [9.17, 15) is 18.0 Å². The van der Waals surface area contributed by atoms with E-state index in [1.165, 1.54) is 12.1 Å². The molecule has 8 nitrogen and oxygen atoms in total. The molecule has 0 radical (unpaired) electrons. The van der Waals surface area contributed by atoms with E-state index >= 15 is 0 Å². The van der Waals surface area contributed by atoms with Crippen molar-refractivity contribution in [2.75, 3.05) is 44.6 Å². The molecule has 0 aromatic heterocycles. The lowest BCUT2D eigenvalue weighted by Crippen LogP contribution is -3.14. The van der Waals surface area contributed by atoms with E-state index in [2.05, 4.69) is 10.6 Å². The second kappa shape index (κ2) is 11.3. The first-order valence-corrected chi connectivity index (χ1v) is 11.8. The van der Waals surface area contributed by atoms with Gasteiger partial charge in [0.15, 0.2) is 13.1 Å². The maximum atomic E-state index is 12.8. The van der Waals surface area contributed by atoms with Crippen molar-refractivity contribution in [1.82, 2.24) is 9.62 Å². The molecule has 2 rings (SSSR count). The number of carbonyl (C=O) groups is 2. The maximum Gasteiger partial charge on any atom is 0.279 e. The van der Waals surface area contributed by atoms with E-state index in [4.69, 9.17) is 0 Å². The van der Waals surface area contributed by atoms with Crippen LogP contribution in [0.2, 0.25) is 0 Å². The number of amides is 2. The van der Waals surface area contributed by atoms with Gasteiger partial charge >= 0.3 is 0 Å². The van der Waals surface area contributed by atoms with E-state index < -0.39 is 10.0 Å². The number of nitrogens with one attached hydrogen (secondary N) is 3. The van der Waals surface area contributed by atoms with Crippen LogP contribution in [0.5, 0.6) is 0 Å². The second-order valence-electron chi connectivity index (χ2n) is 7.30. The zero-order chi connectivity index (χ0) is 21.3. The third-order valence-electron chi connectivity index (χ3n) is 5.04. The first kappa shape index (κ1) is 23.3. The lowest BCUT2D eigenvalue weighted by atomic mass is 10.2. The molecule has 1 fully saturated rings. The minimum absolute atomic E-state index is 0.0831. The van der Waals surface area contributed by atoms with Crippen LogP contribution in [0, 0.1) is 0 Å². The summed E-state index contributed by atoms with van der Waals surface area (Å²) in [6.07, 6.45) is 3.90. The number of likely N-dealkylation sites (N-methyl/N-ethyl adjacent to an activating group) is 2. The SMILES string of the molecule is CCNC(=O)C[NH+](CC)CC(=O)Nc1ccc(S(=O)(=O)N2CCCCCC2)cc1. The Labute approximate surface area is 173 Å². The van der Waals surface area contributed by atoms with Gasteiger partial charge in [-0.05, 0) is 51.0 Å². The highest BCUT2D eigenvalue weighted by Crippen LogP contribution is 2.21. The molecule has 1 heterocycles. The summed E-state index contributed by atoms with van der Waals surface area (Å²) in [4.78, 5) is 25.1. The highest BCUT2D eigenvalue weighted by molar-refractivity contribution is 7.89. The Hall–Kier alpha value is -1.97. The molecule has 0 bridgehead atoms. The molecule has 3 N–H and O–H groups in total. The Bertz CT molecular complexity index is 772. The quantitative estimate of drug-likeness (QED) is 0.527. The van der Waals surface area contributed by atoms with Crippen molar-refractivity contribution in [2.24, 2.45) is 0 Å². The molecule has 1 aliphatic heterocycles. The molecule has 162 valence electrons. The summed E-state index contributed by atoms with van der Waals surface area (Å²) in [7, 11) is -3.50. The van der Waals surface area contributed by atoms with E-state index in [0.29, 0.717) is 31.9 Å². The Morgan fingerprint density at radius 3 is 2.10 bits per heavy atom. The van der Waals surface area contributed by atoms with Crippen LogP contribution in [0.1, 0.15) is 39.5 Å². The standard InChI is InChI=1S/C20H32N4O4S/c1-3-21-19(25)15-23(4-2)16-20(26)22-17-9-11-18(12-10-17)29(27,28)24-13-7-5-6-8-14-24/h9-12H,3-8,13-16H2,1-2H3,(H,21,25)(H,22,26)/p+1. The number of nitrogens with zero attached hydrogens (tertiary/aromatic N) is 1. The molecule has 1 aromatic rings. The summed E-state index contributed by atoms with van der Waals surface area (Å²) in [5.41, 5.74) is 0.540. The van der Waals surface area contributed by atoms with Crippen molar-refractivity contribution < 1.29 is 22.9 Å². The Balaban J connectivity index is 1.95. The van der Waals surface area contributed by atoms with Crippen LogP contribution >= 0.6 is 0 Å². The van der Waals surface area contributed by atoms with E-state index in [0.717, 1.165) is 30.6 Å². The highest BCUT2D eigenvalue weighted by atomic mass is 32.2. The Morgan fingerprint density at radius 2 is 1.55 bits per heavy atom. The fraction of sp³-hybridized carbons (Fsp3) is 0.600. The van der Waals surface area contributed by atoms with Crippen molar-refractivity contribution in [2.45, 2.75) is 44.4 Å². The van der Waals surface area contributed by atoms with Crippen molar-refractivity contribution in [3.8, 4) is 0 Å². The molecule has 9 heteroatoms. The summed E-state index contributed by atoms with van der Waals surface area (Å²) in [5.74, 6) is -0.297. The topological polar surface area (TPSA) is 100 Å². The van der Waals surface area contributed by atoms with Crippen LogP contribution in [-0.2, 0) is 19.6 Å². The number of quaternary nitrogens is 1. The fourth-order valence-electron chi connectivity index (χ4n) is 3.37. The van der Waals surface area contributed by atoms with Gasteiger partial charge in [0.2, 0.25) is 10.0 Å². The average Bonchev–Trinajstić information content (AvgIpc) is 2.98. The lowest BCUT2D eigenvalue weighted by Gasteiger charge is -2.20. The van der Waals surface area contributed by atoms with Gasteiger partial charge in [-0.1, -0.05) is 12.8 Å². The van der Waals surface area contributed by atoms with Crippen molar-refractivity contribution in [3.63, 3.8) is 0 Å². The van der Waals surface area contributed by atoms with Crippen molar-refractivity contribution >= 4 is 27.5 Å². The van der Waals surface area contributed by atoms with Gasteiger partial charge in [-0.25, -0.2) is 8.42 Å². The van der Waals surface area contributed by atoms with Crippen LogP contribution in [0.3, 0.4) is 0 Å². The zero-order valence-electron chi connectivity index (χ0n) is 17.4. The molecular formula is C20H33N4O4S+. The predicted molar refractivity (Wildman–Crippen MR) is 112 cm³/mol. The fourth-order valence-corrected chi connectivity index (χ4v) is 4.89. The van der Waals surface area contributed by atoms with Gasteiger partial charge in [0, 0.05) is 25.3 Å². The highest BCUT2D eigenvalue weighted by Gasteiger charge is 2.25. The van der Waals surface area contributed by atoms with Gasteiger partial charge in [-0.2, -0.15) is 4.31 Å². The maximum absolute atomic E-state index is 12.8. The second-order valence-corrected chi connectivity index (χ2v) is 9.24. The molecule has 29 heavy (non-hydrogen) atoms. The number of sulfonamides is 1. The summed E-state index contributed by atoms with van der Waals surface area (Å²) in [6.45, 7) is 6.51. The van der Waals surface area contributed by atoms with Crippen LogP contribution < -0.4 is 15.5 Å². The van der Waals surface area contributed by atoms with Crippen LogP contribution in [0.4, 0.5) is 5.69 Å². The van der Waals surface area contributed by atoms with Crippen molar-refractivity contribution in [1.29, 1.82) is 0 Å². The molecule has 1 atom stereocenters. The average molecular weight is 426 g/mol. The van der Waals surface area contributed by atoms with Crippen LogP contribution in [0.15, 0.2) is 29.2 Å². The zero-order valence-corrected chi connectivity index (χ0v) is 18.2. The molecule has 0 aliphatic carbocycles. The normalized spacial score (nSPS) is 16.6. The molecule has 0 saturated carbocycles. The van der Waals surface area contributed by atoms with Gasteiger partial charge in [-0.3, -0.25) is 9.59 Å². The monoisotopic (exact) mass is 425 g/mol. The number of benzene rings is 1.